The van der Waals surface area contributed by atoms with Crippen molar-refractivity contribution in [2.45, 2.75) is 18.9 Å². The molecular weight excluding hydrogens is 498 g/mol. The molecule has 0 aliphatic rings. The van der Waals surface area contributed by atoms with Gasteiger partial charge in [0.1, 0.15) is 11.6 Å². The lowest BCUT2D eigenvalue weighted by Gasteiger charge is -2.21. The number of amides is 1. The van der Waals surface area contributed by atoms with Gasteiger partial charge < -0.3 is 15.3 Å². The molecule has 0 spiro atoms. The summed E-state index contributed by atoms with van der Waals surface area (Å²) < 4.78 is 27.9. The highest BCUT2D eigenvalue weighted by atomic mass is 35.5. The molecule has 37 heavy (non-hydrogen) atoms. The number of halogens is 3. The summed E-state index contributed by atoms with van der Waals surface area (Å²) in [5, 5.41) is 3.56. The van der Waals surface area contributed by atoms with Gasteiger partial charge in [0, 0.05) is 40.7 Å². The molecule has 0 fully saturated rings. The van der Waals surface area contributed by atoms with Gasteiger partial charge in [0.25, 0.3) is 0 Å². The summed E-state index contributed by atoms with van der Waals surface area (Å²) in [4.78, 5) is 35.3. The van der Waals surface area contributed by atoms with Crippen LogP contribution in [0.5, 0.6) is 0 Å². The molecule has 0 saturated heterocycles. The number of benzene rings is 2. The van der Waals surface area contributed by atoms with Crippen molar-refractivity contribution in [3.8, 4) is 11.1 Å². The molecule has 5 rings (SSSR count). The van der Waals surface area contributed by atoms with E-state index in [0.29, 0.717) is 32.9 Å². The molecule has 3 aromatic heterocycles. The molecule has 2 aromatic carbocycles. The maximum absolute atomic E-state index is 14.0. The molecule has 3 N–H and O–H groups in total. The van der Waals surface area contributed by atoms with Gasteiger partial charge in [-0.15, -0.1) is 0 Å². The number of aromatic nitrogens is 3. The second-order valence-electron chi connectivity index (χ2n) is 8.65. The Bertz CT molecular complexity index is 1630. The standard InChI is InChI=1S/C28H21ClF2N4O2/c29-19-5-3-17(4-6-19)22-2-1-9-32-28(22)24(12-16-10-20(30)14-21(31)11-16)34-26(37)13-18-15-33-23-7-8-25(36)35-27(18)23/h1-11,14-15,24,33H,12-13H2,(H,34,37)(H,35,36). The lowest BCUT2D eigenvalue weighted by atomic mass is 9.95. The number of hydrogen-bond acceptors (Lipinski definition) is 3. The van der Waals surface area contributed by atoms with Crippen molar-refractivity contribution in [1.82, 2.24) is 20.3 Å². The van der Waals surface area contributed by atoms with E-state index in [1.165, 1.54) is 18.2 Å². The molecule has 5 aromatic rings. The van der Waals surface area contributed by atoms with Crippen LogP contribution in [-0.2, 0) is 17.6 Å². The van der Waals surface area contributed by atoms with Gasteiger partial charge in [0.2, 0.25) is 11.5 Å². The number of fused-ring (bicyclic) bond motifs is 1. The smallest absolute Gasteiger partial charge is 0.248 e. The Morgan fingerprint density at radius 2 is 1.78 bits per heavy atom. The van der Waals surface area contributed by atoms with Gasteiger partial charge in [0.15, 0.2) is 0 Å². The summed E-state index contributed by atoms with van der Waals surface area (Å²) >= 11 is 6.06. The number of aromatic amines is 2. The molecule has 1 atom stereocenters. The van der Waals surface area contributed by atoms with Crippen LogP contribution in [0.2, 0.25) is 5.02 Å². The van der Waals surface area contributed by atoms with E-state index in [2.05, 4.69) is 20.3 Å². The third-order valence-corrected chi connectivity index (χ3v) is 6.27. The van der Waals surface area contributed by atoms with Gasteiger partial charge in [-0.3, -0.25) is 14.6 Å². The Labute approximate surface area is 215 Å². The number of nitrogens with one attached hydrogen (secondary N) is 3. The highest BCUT2D eigenvalue weighted by Crippen LogP contribution is 2.30. The fraction of sp³-hybridized carbons (Fsp3) is 0.107. The Kier molecular flexibility index (Phi) is 6.83. The van der Waals surface area contributed by atoms with Crippen LogP contribution in [-0.4, -0.2) is 20.9 Å². The van der Waals surface area contributed by atoms with E-state index in [1.54, 1.807) is 36.7 Å². The van der Waals surface area contributed by atoms with Crippen molar-refractivity contribution in [3.05, 3.63) is 123 Å². The van der Waals surface area contributed by atoms with Crippen molar-refractivity contribution in [3.63, 3.8) is 0 Å². The number of carbonyl (C=O) groups is 1. The van der Waals surface area contributed by atoms with E-state index in [4.69, 9.17) is 11.6 Å². The summed E-state index contributed by atoms with van der Waals surface area (Å²) in [5.74, 6) is -1.76. The maximum atomic E-state index is 14.0. The number of nitrogens with zero attached hydrogens (tertiary/aromatic N) is 1. The monoisotopic (exact) mass is 518 g/mol. The molecule has 0 aliphatic carbocycles. The van der Waals surface area contributed by atoms with Crippen LogP contribution < -0.4 is 10.9 Å². The van der Waals surface area contributed by atoms with Gasteiger partial charge in [-0.1, -0.05) is 29.8 Å². The average Bonchev–Trinajstić information content (AvgIpc) is 3.25. The summed E-state index contributed by atoms with van der Waals surface area (Å²) in [5.41, 5.74) is 4.06. The van der Waals surface area contributed by atoms with E-state index in [0.717, 1.165) is 17.2 Å². The topological polar surface area (TPSA) is 90.6 Å². The van der Waals surface area contributed by atoms with Crippen molar-refractivity contribution in [2.75, 3.05) is 0 Å². The van der Waals surface area contributed by atoms with Crippen LogP contribution in [0.1, 0.15) is 22.9 Å². The van der Waals surface area contributed by atoms with Crippen LogP contribution >= 0.6 is 11.6 Å². The zero-order valence-electron chi connectivity index (χ0n) is 19.4. The molecule has 6 nitrogen and oxygen atoms in total. The van der Waals surface area contributed by atoms with E-state index in [-0.39, 0.29) is 24.3 Å². The van der Waals surface area contributed by atoms with E-state index >= 15 is 0 Å². The highest BCUT2D eigenvalue weighted by molar-refractivity contribution is 6.30. The number of carbonyl (C=O) groups excluding carboxylic acids is 1. The van der Waals surface area contributed by atoms with E-state index in [9.17, 15) is 18.4 Å². The number of H-pyrrole nitrogens is 2. The predicted octanol–water partition coefficient (Wildman–Crippen LogP) is 5.49. The van der Waals surface area contributed by atoms with Gasteiger partial charge >= 0.3 is 0 Å². The quantitative estimate of drug-likeness (QED) is 0.266. The molecular formula is C28H21ClF2N4O2. The van der Waals surface area contributed by atoms with E-state index in [1.807, 2.05) is 18.2 Å². The maximum Gasteiger partial charge on any atom is 0.248 e. The first-order valence-corrected chi connectivity index (χ1v) is 11.9. The Morgan fingerprint density at radius 1 is 1.03 bits per heavy atom. The largest absolute Gasteiger partial charge is 0.360 e. The molecule has 0 aliphatic heterocycles. The molecule has 0 radical (unpaired) electrons. The average molecular weight is 519 g/mol. The minimum absolute atomic E-state index is 0.0307. The van der Waals surface area contributed by atoms with Crippen molar-refractivity contribution < 1.29 is 13.6 Å². The van der Waals surface area contributed by atoms with Gasteiger partial charge in [-0.25, -0.2) is 8.78 Å². The molecule has 3 heterocycles. The van der Waals surface area contributed by atoms with Gasteiger partial charge in [-0.2, -0.15) is 0 Å². The van der Waals surface area contributed by atoms with Gasteiger partial charge in [-0.05, 0) is 53.9 Å². The van der Waals surface area contributed by atoms with Crippen molar-refractivity contribution in [2.24, 2.45) is 0 Å². The van der Waals surface area contributed by atoms with E-state index < -0.39 is 17.7 Å². The summed E-state index contributed by atoms with van der Waals surface area (Å²) in [6.07, 6.45) is 3.33. The minimum Gasteiger partial charge on any atom is -0.360 e. The molecule has 186 valence electrons. The zero-order valence-corrected chi connectivity index (χ0v) is 20.2. The fourth-order valence-corrected chi connectivity index (χ4v) is 4.52. The van der Waals surface area contributed by atoms with Crippen LogP contribution in [0.25, 0.3) is 22.2 Å². The third kappa shape index (κ3) is 5.59. The molecule has 1 unspecified atom stereocenters. The number of pyridine rings is 2. The highest BCUT2D eigenvalue weighted by Gasteiger charge is 2.22. The van der Waals surface area contributed by atoms with Crippen LogP contribution in [0.15, 0.2) is 83.9 Å². The van der Waals surface area contributed by atoms with Crippen LogP contribution in [0, 0.1) is 11.6 Å². The molecule has 0 saturated carbocycles. The number of rotatable bonds is 7. The fourth-order valence-electron chi connectivity index (χ4n) is 4.39. The first-order chi connectivity index (χ1) is 17.9. The Morgan fingerprint density at radius 3 is 2.54 bits per heavy atom. The second kappa shape index (κ2) is 10.4. The molecule has 1 amide bonds. The summed E-state index contributed by atoms with van der Waals surface area (Å²) in [6, 6.07) is 16.4. The SMILES string of the molecule is O=C(Cc1c[nH]c2ccc(=O)[nH]c12)NC(Cc1cc(F)cc(F)c1)c1ncccc1-c1ccc(Cl)cc1. The Balaban J connectivity index is 1.50. The predicted molar refractivity (Wildman–Crippen MR) is 138 cm³/mol. The van der Waals surface area contributed by atoms with Crippen LogP contribution in [0.3, 0.4) is 0 Å². The van der Waals surface area contributed by atoms with Gasteiger partial charge in [0.05, 0.1) is 29.2 Å². The zero-order chi connectivity index (χ0) is 25.9. The lowest BCUT2D eigenvalue weighted by molar-refractivity contribution is -0.121. The first kappa shape index (κ1) is 24.4. The Hall–Kier alpha value is -4.30. The van der Waals surface area contributed by atoms with Crippen molar-refractivity contribution >= 4 is 28.5 Å². The summed E-state index contributed by atoms with van der Waals surface area (Å²) in [7, 11) is 0. The van der Waals surface area contributed by atoms with Crippen molar-refractivity contribution in [1.29, 1.82) is 0 Å². The number of hydrogen-bond donors (Lipinski definition) is 3. The third-order valence-electron chi connectivity index (χ3n) is 6.01. The first-order valence-electron chi connectivity index (χ1n) is 11.5. The van der Waals surface area contributed by atoms with Crippen LogP contribution in [0.4, 0.5) is 8.78 Å². The molecule has 9 heteroatoms. The lowest BCUT2D eigenvalue weighted by Crippen LogP contribution is -2.32. The normalized spacial score (nSPS) is 12.0. The minimum atomic E-state index is -0.707. The molecule has 0 bridgehead atoms. The second-order valence-corrected chi connectivity index (χ2v) is 9.08. The summed E-state index contributed by atoms with van der Waals surface area (Å²) in [6.45, 7) is 0.